The molecule has 1 saturated heterocycles. The lowest BCUT2D eigenvalue weighted by Crippen LogP contribution is -3.00. The molecule has 0 N–H and O–H groups in total. The fraction of sp³-hybridized carbons (Fsp3) is 1.00. The summed E-state index contributed by atoms with van der Waals surface area (Å²) in [5, 5.41) is 0. The third-order valence-electron chi connectivity index (χ3n) is 5.96. The average molecular weight is 524 g/mol. The monoisotopic (exact) mass is 524 g/mol. The van der Waals surface area contributed by atoms with Gasteiger partial charge < -0.3 is 56.9 Å². The molecule has 0 aliphatic carbocycles. The maximum Gasteiger partial charge on any atom is 0.0788 e. The predicted molar refractivity (Wildman–Crippen MR) is 85.2 cm³/mol. The van der Waals surface area contributed by atoms with E-state index in [-0.39, 0.29) is 48.0 Å². The van der Waals surface area contributed by atoms with Crippen molar-refractivity contribution in [2.24, 2.45) is 0 Å². The Kier molecular flexibility index (Phi) is 15.0. The zero-order valence-corrected chi connectivity index (χ0v) is 19.2. The topological polar surface area (TPSA) is 0 Å². The molecule has 0 aromatic rings. The lowest BCUT2D eigenvalue weighted by Gasteiger charge is -2.41. The maximum atomic E-state index is 2.40. The standard InChI is InChI=1S/C17H38N2.2HI/c1-5-18(6-2,7-3)14-12-13-17-19(8-4)15-10-9-11-16-19;;/h5-17H2,1-4H3;2*1H/q+2;;/p-2. The quantitative estimate of drug-likeness (QED) is 0.181. The number of hydrogen-bond acceptors (Lipinski definition) is 0. The van der Waals surface area contributed by atoms with Gasteiger partial charge in [0.1, 0.15) is 0 Å². The molecule has 0 radical (unpaired) electrons. The highest BCUT2D eigenvalue weighted by Crippen LogP contribution is 2.20. The highest BCUT2D eigenvalue weighted by Gasteiger charge is 2.28. The van der Waals surface area contributed by atoms with E-state index in [1.54, 1.807) is 0 Å². The first-order valence-electron chi connectivity index (χ1n) is 8.86. The molecule has 21 heavy (non-hydrogen) atoms. The Morgan fingerprint density at radius 1 is 0.762 bits per heavy atom. The number of halogens is 2. The number of likely N-dealkylation sites (tertiary alicyclic amines) is 1. The summed E-state index contributed by atoms with van der Waals surface area (Å²) in [6, 6.07) is 0. The summed E-state index contributed by atoms with van der Waals surface area (Å²) in [6.45, 7) is 20.5. The van der Waals surface area contributed by atoms with Crippen LogP contribution < -0.4 is 48.0 Å². The van der Waals surface area contributed by atoms with Gasteiger partial charge in [0.25, 0.3) is 0 Å². The van der Waals surface area contributed by atoms with Crippen LogP contribution in [0, 0.1) is 0 Å². The van der Waals surface area contributed by atoms with Gasteiger partial charge in [0.2, 0.25) is 0 Å². The fourth-order valence-corrected chi connectivity index (χ4v) is 3.92. The molecular formula is C17H38I2N2. The van der Waals surface area contributed by atoms with Crippen LogP contribution in [0.2, 0.25) is 0 Å². The third-order valence-corrected chi connectivity index (χ3v) is 5.96. The van der Waals surface area contributed by atoms with E-state index in [0.29, 0.717) is 0 Å². The largest absolute Gasteiger partial charge is 1.00 e. The van der Waals surface area contributed by atoms with Crippen LogP contribution in [0.25, 0.3) is 0 Å². The van der Waals surface area contributed by atoms with E-state index >= 15 is 0 Å². The van der Waals surface area contributed by atoms with Crippen molar-refractivity contribution in [3.05, 3.63) is 0 Å². The van der Waals surface area contributed by atoms with E-state index in [1.165, 1.54) is 93.4 Å². The van der Waals surface area contributed by atoms with Crippen molar-refractivity contribution in [2.45, 2.75) is 59.8 Å². The van der Waals surface area contributed by atoms with Crippen molar-refractivity contribution in [3.63, 3.8) is 0 Å². The first-order valence-corrected chi connectivity index (χ1v) is 8.86. The number of rotatable bonds is 9. The molecule has 1 aliphatic rings. The normalized spacial score (nSPS) is 17.7. The van der Waals surface area contributed by atoms with Crippen molar-refractivity contribution >= 4 is 0 Å². The van der Waals surface area contributed by atoms with E-state index in [2.05, 4.69) is 27.7 Å². The SMILES string of the molecule is CC[N+](CC)(CC)CCCC[N+]1(CC)CCCCC1.[I-].[I-]. The number of piperidine rings is 1. The van der Waals surface area contributed by atoms with E-state index in [0.717, 1.165) is 0 Å². The summed E-state index contributed by atoms with van der Waals surface area (Å²) < 4.78 is 2.75. The zero-order valence-electron chi connectivity index (χ0n) is 14.8. The minimum absolute atomic E-state index is 0. The van der Waals surface area contributed by atoms with Crippen LogP contribution in [0.15, 0.2) is 0 Å². The number of unbranched alkanes of at least 4 members (excludes halogenated alkanes) is 1. The second kappa shape index (κ2) is 12.8. The Balaban J connectivity index is 0. The smallest absolute Gasteiger partial charge is 0.0788 e. The van der Waals surface area contributed by atoms with Crippen molar-refractivity contribution in [1.29, 1.82) is 0 Å². The maximum absolute atomic E-state index is 2.40. The molecule has 1 rings (SSSR count). The van der Waals surface area contributed by atoms with Gasteiger partial charge in [-0.25, -0.2) is 0 Å². The molecule has 2 nitrogen and oxygen atoms in total. The van der Waals surface area contributed by atoms with Crippen LogP contribution >= 0.6 is 0 Å². The summed E-state index contributed by atoms with van der Waals surface area (Å²) in [5.41, 5.74) is 0. The molecule has 0 aromatic carbocycles. The molecular weight excluding hydrogens is 486 g/mol. The van der Waals surface area contributed by atoms with Gasteiger partial charge in [-0.1, -0.05) is 0 Å². The molecule has 1 fully saturated rings. The number of nitrogens with zero attached hydrogens (tertiary/aromatic N) is 2. The first-order chi connectivity index (χ1) is 9.16. The van der Waals surface area contributed by atoms with Crippen LogP contribution in [0.4, 0.5) is 0 Å². The van der Waals surface area contributed by atoms with Crippen LogP contribution in [0.1, 0.15) is 59.8 Å². The summed E-state index contributed by atoms with van der Waals surface area (Å²) in [5.74, 6) is 0. The molecule has 0 atom stereocenters. The van der Waals surface area contributed by atoms with Crippen molar-refractivity contribution < 1.29 is 56.9 Å². The summed E-state index contributed by atoms with van der Waals surface area (Å²) >= 11 is 0. The van der Waals surface area contributed by atoms with E-state index in [4.69, 9.17) is 0 Å². The minimum atomic E-state index is 0. The second-order valence-electron chi connectivity index (χ2n) is 6.61. The lowest BCUT2D eigenvalue weighted by atomic mass is 10.1. The molecule has 1 heterocycles. The molecule has 0 saturated carbocycles. The number of quaternary nitrogens is 2. The number of hydrogen-bond donors (Lipinski definition) is 0. The molecule has 0 amide bonds. The molecule has 4 heteroatoms. The Bertz CT molecular complexity index is 229. The minimum Gasteiger partial charge on any atom is -1.00 e. The van der Waals surface area contributed by atoms with Crippen LogP contribution in [-0.4, -0.2) is 61.3 Å². The van der Waals surface area contributed by atoms with Gasteiger partial charge in [-0.3, -0.25) is 0 Å². The van der Waals surface area contributed by atoms with Gasteiger partial charge in [0.05, 0.1) is 52.4 Å². The van der Waals surface area contributed by atoms with Crippen molar-refractivity contribution in [3.8, 4) is 0 Å². The van der Waals surface area contributed by atoms with Crippen LogP contribution in [0.3, 0.4) is 0 Å². The lowest BCUT2D eigenvalue weighted by molar-refractivity contribution is -0.934. The van der Waals surface area contributed by atoms with Crippen molar-refractivity contribution in [1.82, 2.24) is 0 Å². The van der Waals surface area contributed by atoms with Gasteiger partial charge >= 0.3 is 0 Å². The molecule has 130 valence electrons. The van der Waals surface area contributed by atoms with Gasteiger partial charge in [0, 0.05) is 12.8 Å². The van der Waals surface area contributed by atoms with Gasteiger partial charge in [-0.2, -0.15) is 0 Å². The Hall–Kier alpha value is 1.38. The third kappa shape index (κ3) is 7.66. The highest BCUT2D eigenvalue weighted by molar-refractivity contribution is 4.54. The molecule has 0 unspecified atom stereocenters. The predicted octanol–water partition coefficient (Wildman–Crippen LogP) is -2.33. The van der Waals surface area contributed by atoms with Gasteiger partial charge in [-0.05, 0) is 47.0 Å². The summed E-state index contributed by atoms with van der Waals surface area (Å²) in [7, 11) is 0. The summed E-state index contributed by atoms with van der Waals surface area (Å²) in [6.07, 6.45) is 7.27. The van der Waals surface area contributed by atoms with Gasteiger partial charge in [-0.15, -0.1) is 0 Å². The molecule has 0 aromatic heterocycles. The Labute approximate surface area is 168 Å². The molecule has 1 aliphatic heterocycles. The second-order valence-corrected chi connectivity index (χ2v) is 6.61. The fourth-order valence-electron chi connectivity index (χ4n) is 3.92. The van der Waals surface area contributed by atoms with Crippen LogP contribution in [-0.2, 0) is 0 Å². The van der Waals surface area contributed by atoms with E-state index < -0.39 is 0 Å². The van der Waals surface area contributed by atoms with E-state index in [1.807, 2.05) is 0 Å². The zero-order chi connectivity index (χ0) is 14.2. The first kappa shape index (κ1) is 24.6. The average Bonchev–Trinajstić information content (AvgIpc) is 2.49. The summed E-state index contributed by atoms with van der Waals surface area (Å²) in [4.78, 5) is 0. The molecule has 0 bridgehead atoms. The Morgan fingerprint density at radius 3 is 1.71 bits per heavy atom. The van der Waals surface area contributed by atoms with Crippen LogP contribution in [0.5, 0.6) is 0 Å². The Morgan fingerprint density at radius 2 is 1.29 bits per heavy atom. The highest BCUT2D eigenvalue weighted by atomic mass is 127. The van der Waals surface area contributed by atoms with E-state index in [9.17, 15) is 0 Å². The van der Waals surface area contributed by atoms with Crippen molar-refractivity contribution in [2.75, 3.05) is 52.4 Å². The molecule has 0 spiro atoms. The van der Waals surface area contributed by atoms with Gasteiger partial charge in [0.15, 0.2) is 0 Å².